The fourth-order valence-electron chi connectivity index (χ4n) is 1.57. The van der Waals surface area contributed by atoms with Gasteiger partial charge in [0.1, 0.15) is 0 Å². The van der Waals surface area contributed by atoms with Crippen LogP contribution in [0.1, 0.15) is 24.5 Å². The van der Waals surface area contributed by atoms with E-state index in [9.17, 15) is 13.9 Å². The van der Waals surface area contributed by atoms with E-state index in [-0.39, 0.29) is 0 Å². The van der Waals surface area contributed by atoms with Gasteiger partial charge in [0.25, 0.3) is 0 Å². The Labute approximate surface area is 111 Å². The van der Waals surface area contributed by atoms with Crippen LogP contribution >= 0.6 is 11.8 Å². The molecular weight excluding hydrogens is 256 g/mol. The van der Waals surface area contributed by atoms with Crippen molar-refractivity contribution in [2.75, 3.05) is 25.1 Å². The molecule has 0 aromatic heterocycles. The highest BCUT2D eigenvalue weighted by molar-refractivity contribution is 7.98. The lowest BCUT2D eigenvalue weighted by Gasteiger charge is -2.12. The van der Waals surface area contributed by atoms with Crippen molar-refractivity contribution in [1.29, 1.82) is 0 Å². The van der Waals surface area contributed by atoms with Crippen LogP contribution in [0.25, 0.3) is 0 Å². The molecule has 1 rings (SSSR count). The number of aliphatic hydroxyl groups is 1. The number of halogens is 2. The minimum atomic E-state index is -0.925. The van der Waals surface area contributed by atoms with Gasteiger partial charge < -0.3 is 10.4 Å². The monoisotopic (exact) mass is 275 g/mol. The lowest BCUT2D eigenvalue weighted by Crippen LogP contribution is -2.22. The van der Waals surface area contributed by atoms with Gasteiger partial charge in [-0.3, -0.25) is 0 Å². The Morgan fingerprint density at radius 3 is 2.72 bits per heavy atom. The third-order valence-electron chi connectivity index (χ3n) is 2.62. The molecule has 0 heterocycles. The van der Waals surface area contributed by atoms with E-state index in [0.717, 1.165) is 37.3 Å². The van der Waals surface area contributed by atoms with Gasteiger partial charge in [-0.15, -0.1) is 0 Å². The van der Waals surface area contributed by atoms with Crippen molar-refractivity contribution in [3.8, 4) is 0 Å². The Balaban J connectivity index is 2.27. The SMILES string of the molecule is CSCCCCNCC(O)c1ccc(F)c(F)c1. The second kappa shape index (κ2) is 8.45. The molecule has 1 aromatic carbocycles. The van der Waals surface area contributed by atoms with Gasteiger partial charge in [0.2, 0.25) is 0 Å². The van der Waals surface area contributed by atoms with Gasteiger partial charge in [0.05, 0.1) is 6.10 Å². The van der Waals surface area contributed by atoms with E-state index >= 15 is 0 Å². The van der Waals surface area contributed by atoms with Crippen molar-refractivity contribution in [1.82, 2.24) is 5.32 Å². The average molecular weight is 275 g/mol. The summed E-state index contributed by atoms with van der Waals surface area (Å²) in [5, 5.41) is 12.9. The fraction of sp³-hybridized carbons (Fsp3) is 0.538. The lowest BCUT2D eigenvalue weighted by atomic mass is 10.1. The van der Waals surface area contributed by atoms with Crippen LogP contribution in [-0.2, 0) is 0 Å². The van der Waals surface area contributed by atoms with Crippen LogP contribution in [0.5, 0.6) is 0 Å². The number of thioether (sulfide) groups is 1. The van der Waals surface area contributed by atoms with Crippen LogP contribution in [0.4, 0.5) is 8.78 Å². The molecule has 0 saturated heterocycles. The molecule has 0 amide bonds. The predicted octanol–water partition coefficient (Wildman–Crippen LogP) is 2.73. The Morgan fingerprint density at radius 1 is 1.28 bits per heavy atom. The molecule has 18 heavy (non-hydrogen) atoms. The summed E-state index contributed by atoms with van der Waals surface area (Å²) < 4.78 is 25.7. The molecule has 0 aliphatic heterocycles. The number of nitrogens with one attached hydrogen (secondary N) is 1. The Morgan fingerprint density at radius 2 is 2.06 bits per heavy atom. The van der Waals surface area contributed by atoms with Gasteiger partial charge in [-0.25, -0.2) is 8.78 Å². The van der Waals surface area contributed by atoms with Crippen LogP contribution < -0.4 is 5.32 Å². The average Bonchev–Trinajstić information content (AvgIpc) is 2.36. The number of rotatable bonds is 8. The van der Waals surface area contributed by atoms with Gasteiger partial charge in [-0.05, 0) is 49.1 Å². The van der Waals surface area contributed by atoms with E-state index in [4.69, 9.17) is 0 Å². The molecule has 0 spiro atoms. The maximum Gasteiger partial charge on any atom is 0.159 e. The summed E-state index contributed by atoms with van der Waals surface area (Å²) in [4.78, 5) is 0. The van der Waals surface area contributed by atoms with E-state index in [1.54, 1.807) is 0 Å². The number of aliphatic hydroxyl groups excluding tert-OH is 1. The Bertz CT molecular complexity index is 363. The summed E-state index contributed by atoms with van der Waals surface area (Å²) in [5.41, 5.74) is 0.394. The largest absolute Gasteiger partial charge is 0.387 e. The summed E-state index contributed by atoms with van der Waals surface area (Å²) in [6.45, 7) is 1.17. The maximum atomic E-state index is 13.0. The fourth-order valence-corrected chi connectivity index (χ4v) is 2.07. The molecule has 0 bridgehead atoms. The highest BCUT2D eigenvalue weighted by Crippen LogP contribution is 2.15. The van der Waals surface area contributed by atoms with Crippen molar-refractivity contribution < 1.29 is 13.9 Å². The van der Waals surface area contributed by atoms with E-state index in [1.165, 1.54) is 6.07 Å². The normalized spacial score (nSPS) is 12.7. The zero-order valence-corrected chi connectivity index (χ0v) is 11.3. The Kier molecular flexibility index (Phi) is 7.23. The molecular formula is C13H19F2NOS. The van der Waals surface area contributed by atoms with Crippen molar-refractivity contribution in [3.05, 3.63) is 35.4 Å². The number of unbranched alkanes of at least 4 members (excludes halogenated alkanes) is 1. The number of hydrogen-bond acceptors (Lipinski definition) is 3. The van der Waals surface area contributed by atoms with Crippen LogP contribution in [0.2, 0.25) is 0 Å². The Hall–Kier alpha value is -0.650. The van der Waals surface area contributed by atoms with E-state index in [2.05, 4.69) is 11.6 Å². The summed E-state index contributed by atoms with van der Waals surface area (Å²) in [7, 11) is 0. The predicted molar refractivity (Wildman–Crippen MR) is 71.8 cm³/mol. The second-order valence-electron chi connectivity index (χ2n) is 4.09. The molecule has 0 radical (unpaired) electrons. The molecule has 5 heteroatoms. The standard InChI is InChI=1S/C13H19F2NOS/c1-18-7-3-2-6-16-9-13(17)10-4-5-11(14)12(15)8-10/h4-5,8,13,16-17H,2-3,6-7,9H2,1H3. The number of benzene rings is 1. The van der Waals surface area contributed by atoms with Gasteiger partial charge in [0, 0.05) is 6.54 Å². The second-order valence-corrected chi connectivity index (χ2v) is 5.08. The molecule has 0 saturated carbocycles. The molecule has 1 unspecified atom stereocenters. The maximum absolute atomic E-state index is 13.0. The van der Waals surface area contributed by atoms with E-state index in [0.29, 0.717) is 12.1 Å². The van der Waals surface area contributed by atoms with Crippen LogP contribution in [0.3, 0.4) is 0 Å². The first-order chi connectivity index (χ1) is 8.65. The molecule has 0 aliphatic rings. The van der Waals surface area contributed by atoms with Crippen LogP contribution in [0, 0.1) is 11.6 Å². The van der Waals surface area contributed by atoms with E-state index in [1.807, 2.05) is 11.8 Å². The van der Waals surface area contributed by atoms with Crippen molar-refractivity contribution in [2.45, 2.75) is 18.9 Å². The topological polar surface area (TPSA) is 32.3 Å². The lowest BCUT2D eigenvalue weighted by molar-refractivity contribution is 0.174. The zero-order valence-electron chi connectivity index (χ0n) is 10.5. The number of hydrogen-bond donors (Lipinski definition) is 2. The minimum Gasteiger partial charge on any atom is -0.387 e. The summed E-state index contributed by atoms with van der Waals surface area (Å²) in [6.07, 6.45) is 3.45. The third-order valence-corrected chi connectivity index (χ3v) is 3.32. The summed E-state index contributed by atoms with van der Waals surface area (Å²) >= 11 is 1.81. The molecule has 0 aliphatic carbocycles. The first-order valence-corrected chi connectivity index (χ1v) is 7.37. The van der Waals surface area contributed by atoms with Crippen molar-refractivity contribution in [2.24, 2.45) is 0 Å². The van der Waals surface area contributed by atoms with Crippen LogP contribution in [-0.4, -0.2) is 30.2 Å². The first-order valence-electron chi connectivity index (χ1n) is 5.98. The summed E-state index contributed by atoms with van der Waals surface area (Å²) in [6, 6.07) is 3.47. The molecule has 1 atom stereocenters. The molecule has 102 valence electrons. The molecule has 0 fully saturated rings. The third kappa shape index (κ3) is 5.33. The zero-order chi connectivity index (χ0) is 13.4. The first kappa shape index (κ1) is 15.4. The minimum absolute atomic E-state index is 0.352. The van der Waals surface area contributed by atoms with Crippen molar-refractivity contribution >= 4 is 11.8 Å². The molecule has 2 N–H and O–H groups in total. The summed E-state index contributed by atoms with van der Waals surface area (Å²) in [5.74, 6) is -0.685. The van der Waals surface area contributed by atoms with Gasteiger partial charge >= 0.3 is 0 Å². The van der Waals surface area contributed by atoms with E-state index < -0.39 is 17.7 Å². The van der Waals surface area contributed by atoms with Crippen LogP contribution in [0.15, 0.2) is 18.2 Å². The highest BCUT2D eigenvalue weighted by Gasteiger charge is 2.10. The van der Waals surface area contributed by atoms with Gasteiger partial charge in [0.15, 0.2) is 11.6 Å². The highest BCUT2D eigenvalue weighted by atomic mass is 32.2. The van der Waals surface area contributed by atoms with Crippen molar-refractivity contribution in [3.63, 3.8) is 0 Å². The van der Waals surface area contributed by atoms with Gasteiger partial charge in [-0.2, -0.15) is 11.8 Å². The molecule has 2 nitrogen and oxygen atoms in total. The quantitative estimate of drug-likeness (QED) is 0.716. The van der Waals surface area contributed by atoms with Gasteiger partial charge in [-0.1, -0.05) is 6.07 Å². The smallest absolute Gasteiger partial charge is 0.159 e. The molecule has 1 aromatic rings.